The van der Waals surface area contributed by atoms with Crippen LogP contribution in [0, 0.1) is 12.7 Å². The molecular weight excluding hydrogens is 499 g/mol. The summed E-state index contributed by atoms with van der Waals surface area (Å²) >= 11 is 6.21. The Bertz CT molecular complexity index is 1140. The summed E-state index contributed by atoms with van der Waals surface area (Å²) in [4.78, 5) is 16.7. The Labute approximate surface area is 223 Å². The number of anilines is 1. The average molecular weight is 535 g/mol. The highest BCUT2D eigenvalue weighted by atomic mass is 35.5. The highest BCUT2D eigenvalue weighted by Crippen LogP contribution is 2.40. The standard InChI is InChI=1S/C28H36ClFN2O5/c1-18-22-9-11-31(27(33)37-28(2,3)4)10-8-19(22)14-25-26(18)32(12-13-35-25)16-21(17-34-5)36-24-7-6-20(30)15-23(24)29/h6-7,14-15,21H,8-13,16-17H2,1-5H3. The van der Waals surface area contributed by atoms with Gasteiger partial charge in [-0.3, -0.25) is 0 Å². The van der Waals surface area contributed by atoms with Gasteiger partial charge in [-0.15, -0.1) is 0 Å². The van der Waals surface area contributed by atoms with Crippen molar-refractivity contribution in [2.45, 2.75) is 52.2 Å². The lowest BCUT2D eigenvalue weighted by Crippen LogP contribution is -2.43. The summed E-state index contributed by atoms with van der Waals surface area (Å²) in [5.74, 6) is 0.841. The number of rotatable bonds is 6. The molecule has 2 aliphatic heterocycles. The first-order valence-corrected chi connectivity index (χ1v) is 13.0. The number of amides is 1. The monoisotopic (exact) mass is 534 g/mol. The van der Waals surface area contributed by atoms with E-state index in [-0.39, 0.29) is 17.2 Å². The Morgan fingerprint density at radius 1 is 1.19 bits per heavy atom. The summed E-state index contributed by atoms with van der Waals surface area (Å²) in [6, 6.07) is 6.22. The van der Waals surface area contributed by atoms with Gasteiger partial charge in [0.1, 0.15) is 35.6 Å². The number of carbonyl (C=O) groups excluding carboxylic acids is 1. The lowest BCUT2D eigenvalue weighted by molar-refractivity contribution is 0.0258. The molecule has 2 aliphatic rings. The van der Waals surface area contributed by atoms with Gasteiger partial charge in [-0.2, -0.15) is 0 Å². The number of halogens is 2. The minimum absolute atomic E-state index is 0.222. The molecule has 37 heavy (non-hydrogen) atoms. The molecule has 1 unspecified atom stereocenters. The molecule has 0 bridgehead atoms. The van der Waals surface area contributed by atoms with Gasteiger partial charge in [0.2, 0.25) is 0 Å². The fourth-order valence-electron chi connectivity index (χ4n) is 4.95. The van der Waals surface area contributed by atoms with Crippen LogP contribution < -0.4 is 14.4 Å². The largest absolute Gasteiger partial charge is 0.490 e. The number of nitrogens with zero attached hydrogens (tertiary/aromatic N) is 2. The first kappa shape index (κ1) is 27.3. The van der Waals surface area contributed by atoms with E-state index in [9.17, 15) is 9.18 Å². The predicted molar refractivity (Wildman–Crippen MR) is 142 cm³/mol. The molecular formula is C28H36ClFN2O5. The molecule has 0 saturated heterocycles. The van der Waals surface area contributed by atoms with E-state index in [1.54, 1.807) is 12.0 Å². The number of hydrogen-bond acceptors (Lipinski definition) is 6. The van der Waals surface area contributed by atoms with Crippen LogP contribution >= 0.6 is 11.6 Å². The van der Waals surface area contributed by atoms with Crippen molar-refractivity contribution in [3.05, 3.63) is 51.8 Å². The lowest BCUT2D eigenvalue weighted by atomic mass is 9.94. The molecule has 4 rings (SSSR count). The molecule has 0 fully saturated rings. The normalized spacial score (nSPS) is 16.3. The van der Waals surface area contributed by atoms with Crippen LogP contribution in [0.2, 0.25) is 5.02 Å². The molecule has 7 nitrogen and oxygen atoms in total. The molecule has 1 amide bonds. The lowest BCUT2D eigenvalue weighted by Gasteiger charge is -2.36. The smallest absolute Gasteiger partial charge is 0.410 e. The Kier molecular flexibility index (Phi) is 8.39. The first-order chi connectivity index (χ1) is 17.6. The zero-order valence-electron chi connectivity index (χ0n) is 22.2. The maximum atomic E-state index is 13.5. The van der Waals surface area contributed by atoms with Crippen molar-refractivity contribution >= 4 is 23.4 Å². The van der Waals surface area contributed by atoms with Gasteiger partial charge >= 0.3 is 6.09 Å². The summed E-state index contributed by atoms with van der Waals surface area (Å²) in [6.45, 7) is 11.1. The van der Waals surface area contributed by atoms with Crippen LogP contribution in [-0.4, -0.2) is 69.2 Å². The number of methoxy groups -OCH3 is 1. The van der Waals surface area contributed by atoms with E-state index in [1.807, 2.05) is 20.8 Å². The van der Waals surface area contributed by atoms with E-state index >= 15 is 0 Å². The number of fused-ring (bicyclic) bond motifs is 2. The van der Waals surface area contributed by atoms with Crippen molar-refractivity contribution in [2.24, 2.45) is 0 Å². The molecule has 9 heteroatoms. The van der Waals surface area contributed by atoms with Crippen LogP contribution in [-0.2, 0) is 22.3 Å². The van der Waals surface area contributed by atoms with Gasteiger partial charge in [-0.05, 0) is 81.5 Å². The van der Waals surface area contributed by atoms with E-state index in [4.69, 9.17) is 30.5 Å². The molecule has 2 aromatic rings. The van der Waals surface area contributed by atoms with Crippen LogP contribution in [0.5, 0.6) is 11.5 Å². The summed E-state index contributed by atoms with van der Waals surface area (Å²) in [5.41, 5.74) is 4.09. The Balaban J connectivity index is 1.55. The molecule has 0 aliphatic carbocycles. The van der Waals surface area contributed by atoms with Gasteiger partial charge in [0, 0.05) is 20.2 Å². The van der Waals surface area contributed by atoms with Crippen LogP contribution in [0.1, 0.15) is 37.5 Å². The van der Waals surface area contributed by atoms with Crippen molar-refractivity contribution in [1.29, 1.82) is 0 Å². The van der Waals surface area contributed by atoms with Gasteiger partial charge in [0.25, 0.3) is 0 Å². The van der Waals surface area contributed by atoms with Crippen LogP contribution in [0.15, 0.2) is 24.3 Å². The molecule has 0 N–H and O–H groups in total. The Hall–Kier alpha value is -2.71. The van der Waals surface area contributed by atoms with Gasteiger partial charge < -0.3 is 28.7 Å². The second-order valence-electron chi connectivity index (χ2n) is 10.5. The second kappa shape index (κ2) is 11.4. The van der Waals surface area contributed by atoms with Crippen molar-refractivity contribution < 1.29 is 28.1 Å². The van der Waals surface area contributed by atoms with Crippen LogP contribution in [0.25, 0.3) is 0 Å². The summed E-state index contributed by atoms with van der Waals surface area (Å²) < 4.78 is 36.8. The third kappa shape index (κ3) is 6.60. The van der Waals surface area contributed by atoms with Crippen molar-refractivity contribution in [2.75, 3.05) is 51.4 Å². The highest BCUT2D eigenvalue weighted by molar-refractivity contribution is 6.32. The topological polar surface area (TPSA) is 60.5 Å². The van der Waals surface area contributed by atoms with Crippen molar-refractivity contribution in [3.63, 3.8) is 0 Å². The molecule has 0 radical (unpaired) electrons. The van der Waals surface area contributed by atoms with Gasteiger partial charge in [-0.25, -0.2) is 9.18 Å². The fraction of sp³-hybridized carbons (Fsp3) is 0.536. The first-order valence-electron chi connectivity index (χ1n) is 12.7. The molecule has 0 spiro atoms. The van der Waals surface area contributed by atoms with E-state index in [0.29, 0.717) is 45.1 Å². The van der Waals surface area contributed by atoms with E-state index in [2.05, 4.69) is 17.9 Å². The minimum atomic E-state index is -0.529. The average Bonchev–Trinajstić information content (AvgIpc) is 3.03. The SMILES string of the molecule is COCC(CN1CCOc2cc3c(c(C)c21)CCN(C(=O)OC(C)(C)C)CC3)Oc1ccc(F)cc1Cl. The van der Waals surface area contributed by atoms with Gasteiger partial charge in [0.15, 0.2) is 0 Å². The van der Waals surface area contributed by atoms with E-state index in [1.165, 1.54) is 29.3 Å². The summed E-state index contributed by atoms with van der Waals surface area (Å²) in [5, 5.41) is 0.222. The Morgan fingerprint density at radius 2 is 1.95 bits per heavy atom. The van der Waals surface area contributed by atoms with Gasteiger partial charge in [-0.1, -0.05) is 11.6 Å². The van der Waals surface area contributed by atoms with E-state index in [0.717, 1.165) is 29.8 Å². The number of benzene rings is 2. The van der Waals surface area contributed by atoms with E-state index < -0.39 is 11.4 Å². The Morgan fingerprint density at radius 3 is 2.65 bits per heavy atom. The molecule has 202 valence electrons. The molecule has 0 saturated carbocycles. The number of carbonyl (C=O) groups is 1. The molecule has 1 atom stereocenters. The second-order valence-corrected chi connectivity index (χ2v) is 10.9. The molecule has 2 aromatic carbocycles. The minimum Gasteiger partial charge on any atom is -0.490 e. The van der Waals surface area contributed by atoms with Crippen LogP contribution in [0.3, 0.4) is 0 Å². The maximum Gasteiger partial charge on any atom is 0.410 e. The zero-order chi connectivity index (χ0) is 26.7. The predicted octanol–water partition coefficient (Wildman–Crippen LogP) is 5.42. The molecule has 0 aromatic heterocycles. The number of ether oxygens (including phenoxy) is 4. The van der Waals surface area contributed by atoms with Crippen molar-refractivity contribution in [1.82, 2.24) is 4.90 Å². The maximum absolute atomic E-state index is 13.5. The number of hydrogen-bond donors (Lipinski definition) is 0. The van der Waals surface area contributed by atoms with Crippen LogP contribution in [0.4, 0.5) is 14.9 Å². The third-order valence-electron chi connectivity index (χ3n) is 6.57. The fourth-order valence-corrected chi connectivity index (χ4v) is 5.16. The zero-order valence-corrected chi connectivity index (χ0v) is 23.0. The summed E-state index contributed by atoms with van der Waals surface area (Å²) in [7, 11) is 1.62. The molecule has 2 heterocycles. The van der Waals surface area contributed by atoms with Crippen molar-refractivity contribution in [3.8, 4) is 11.5 Å². The summed E-state index contributed by atoms with van der Waals surface area (Å²) in [6.07, 6.45) is 0.870. The van der Waals surface area contributed by atoms with Gasteiger partial charge in [0.05, 0.1) is 30.4 Å². The third-order valence-corrected chi connectivity index (χ3v) is 6.86. The highest BCUT2D eigenvalue weighted by Gasteiger charge is 2.30. The quantitative estimate of drug-likeness (QED) is 0.493.